The Morgan fingerprint density at radius 3 is 1.25 bits per heavy atom. The fraction of sp³-hybridized carbons (Fsp3) is 0.229. The number of rotatable bonds is 18. The first-order chi connectivity index (χ1) is 45.5. The number of nitrogen functional groups attached to an aromatic ring is 2. The third-order valence-electron chi connectivity index (χ3n) is 15.3. The number of aromatic nitrogens is 4. The summed E-state index contributed by atoms with van der Waals surface area (Å²) in [5.41, 5.74) is 18.4. The first-order valence-corrected chi connectivity index (χ1v) is 31.0. The minimum Gasteiger partial charge on any atom is -0.496 e. The molecular weight excluding hydrogens is 1300 g/mol. The van der Waals surface area contributed by atoms with Crippen LogP contribution >= 0.6 is 12.4 Å². The van der Waals surface area contributed by atoms with Gasteiger partial charge >= 0.3 is 13.3 Å². The summed E-state index contributed by atoms with van der Waals surface area (Å²) in [5.74, 6) is -0.775. The van der Waals surface area contributed by atoms with Gasteiger partial charge in [0.25, 0.3) is 10.2 Å². The van der Waals surface area contributed by atoms with Crippen LogP contribution in [-0.4, -0.2) is 98.6 Å². The monoisotopic (exact) mass is 1370 g/mol. The Balaban J connectivity index is 0.000000208. The molecule has 0 aliphatic carbocycles. The summed E-state index contributed by atoms with van der Waals surface area (Å²) in [6, 6.07) is 37.4. The van der Waals surface area contributed by atoms with E-state index >= 15 is 8.78 Å². The van der Waals surface area contributed by atoms with Crippen LogP contribution in [0, 0.1) is 17.5 Å². The van der Waals surface area contributed by atoms with Crippen LogP contribution in [0.3, 0.4) is 0 Å². The largest absolute Gasteiger partial charge is 0.508 e. The predicted octanol–water partition coefficient (Wildman–Crippen LogP) is 12.3. The molecule has 3 heterocycles. The molecular formula is C70H73BClF3N8O13S. The number of carbonyl (C=O) groups excluding carboxylic acids is 4. The van der Waals surface area contributed by atoms with E-state index in [0.29, 0.717) is 79.3 Å². The van der Waals surface area contributed by atoms with Gasteiger partial charge in [-0.15, -0.1) is 12.4 Å². The second-order valence-electron chi connectivity index (χ2n) is 22.6. The summed E-state index contributed by atoms with van der Waals surface area (Å²) in [4.78, 5) is 61.6. The highest BCUT2D eigenvalue weighted by Gasteiger charge is 2.51. The van der Waals surface area contributed by atoms with E-state index in [1.807, 2.05) is 56.7 Å². The molecule has 7 N–H and O–H groups in total. The molecule has 0 spiro atoms. The van der Waals surface area contributed by atoms with Crippen LogP contribution in [0.5, 0.6) is 17.2 Å². The first-order valence-electron chi connectivity index (χ1n) is 29.5. The first kappa shape index (κ1) is 75.8. The van der Waals surface area contributed by atoms with Crippen molar-refractivity contribution in [2.45, 2.75) is 79.1 Å². The molecule has 0 radical (unpaired) electrons. The van der Waals surface area contributed by atoms with Crippen molar-refractivity contribution in [3.05, 3.63) is 220 Å². The SMILES string of the molecule is CC1(C)OB(c2ccc(N)cc2)OC1(C)C.COC(=O)OCc1ccc(OC)c(-c2cccc(C(C)=O)c2)c1F.COc1ccc(Cc2cnc(N)nc2)c(F)c1-c1cccc(C(C)=O)c1.COc1ccc(Cc2cnc(NS(N)(=O)=O)nc2)c(F)c1-c1cccc(C(C)=O)c1.Cl. The number of halogens is 4. The van der Waals surface area contributed by atoms with Crippen molar-refractivity contribution in [3.63, 3.8) is 0 Å². The van der Waals surface area contributed by atoms with Gasteiger partial charge in [0.15, 0.2) is 17.3 Å². The van der Waals surface area contributed by atoms with Gasteiger partial charge in [-0.2, -0.15) is 8.42 Å². The molecule has 2 aromatic heterocycles. The number of hydrogen-bond donors (Lipinski definition) is 4. The molecule has 508 valence electrons. The maximum Gasteiger partial charge on any atom is 0.508 e. The fourth-order valence-electron chi connectivity index (χ4n) is 9.54. The van der Waals surface area contributed by atoms with E-state index in [9.17, 15) is 32.0 Å². The van der Waals surface area contributed by atoms with Crippen molar-refractivity contribution in [2.24, 2.45) is 5.14 Å². The maximum absolute atomic E-state index is 15.4. The minimum atomic E-state index is -3.98. The normalized spacial score (nSPS) is 12.5. The standard InChI is InChI=1S/C20H19FN4O4S.C20H18FN3O2.C18H17FO5.C12H18BNO2.ClH/c1-12(26)14-4-3-5-15(9-14)18-17(29-2)7-6-16(19(18)21)8-13-10-23-20(24-11-13)25-30(22,27)28;1-12(25)14-4-3-5-15(9-14)18-17(26-2)7-6-16(19(18)21)8-13-10-23-20(22)24-11-13;1-11(20)12-5-4-6-13(9-12)16-15(22-2)8-7-14(17(16)19)10-24-18(21)23-3;1-11(2)12(3,4)16-13(15-11)9-5-7-10(14)8-6-9;/h3-7,9-11H,8H2,1-2H3,(H2,22,27,28)(H,23,24,25);3-7,9-11H,8H2,1-2H3,(H2,22,23,24);4-9H,10H2,1-3H3;5-8H,14H2,1-4H3;1H. The van der Waals surface area contributed by atoms with Crippen LogP contribution in [-0.2, 0) is 48.4 Å². The van der Waals surface area contributed by atoms with Crippen molar-refractivity contribution in [1.29, 1.82) is 0 Å². The molecule has 0 saturated carbocycles. The molecule has 7 aromatic carbocycles. The molecule has 1 fully saturated rings. The molecule has 1 aliphatic heterocycles. The number of nitrogens with zero attached hydrogens (tertiary/aromatic N) is 4. The summed E-state index contributed by atoms with van der Waals surface area (Å²) >= 11 is 0. The number of ketones is 3. The van der Waals surface area contributed by atoms with Crippen molar-refractivity contribution in [1.82, 2.24) is 19.9 Å². The van der Waals surface area contributed by atoms with Gasteiger partial charge in [-0.3, -0.25) is 14.4 Å². The van der Waals surface area contributed by atoms with Crippen molar-refractivity contribution in [3.8, 4) is 50.6 Å². The van der Waals surface area contributed by atoms with Gasteiger partial charge < -0.3 is 44.5 Å². The van der Waals surface area contributed by atoms with Gasteiger partial charge in [0.1, 0.15) is 41.3 Å². The maximum atomic E-state index is 15.4. The summed E-state index contributed by atoms with van der Waals surface area (Å²) in [7, 11) is 1.25. The molecule has 9 aromatic rings. The number of ether oxygens (including phenoxy) is 5. The van der Waals surface area contributed by atoms with Crippen molar-refractivity contribution < 1.29 is 73.8 Å². The molecule has 27 heteroatoms. The Bertz CT molecular complexity index is 4390. The van der Waals surface area contributed by atoms with E-state index in [2.05, 4.69) is 24.7 Å². The number of anilines is 3. The predicted molar refractivity (Wildman–Crippen MR) is 367 cm³/mol. The zero-order valence-corrected chi connectivity index (χ0v) is 56.6. The number of benzene rings is 7. The van der Waals surface area contributed by atoms with Gasteiger partial charge in [0.05, 0.1) is 56.3 Å². The lowest BCUT2D eigenvalue weighted by Gasteiger charge is -2.32. The van der Waals surface area contributed by atoms with Crippen LogP contribution in [0.1, 0.15) is 107 Å². The molecule has 1 saturated heterocycles. The summed E-state index contributed by atoms with van der Waals surface area (Å²) in [6.45, 7) is 12.3. The average Bonchev–Trinajstić information content (AvgIpc) is 1.77. The van der Waals surface area contributed by atoms with E-state index in [1.54, 1.807) is 116 Å². The number of nitrogens with two attached hydrogens (primary N) is 3. The number of hydrogen-bond acceptors (Lipinski definition) is 19. The topological polar surface area (TPSA) is 309 Å². The molecule has 0 atom stereocenters. The van der Waals surface area contributed by atoms with Gasteiger partial charge in [-0.1, -0.05) is 78.9 Å². The zero-order chi connectivity index (χ0) is 70.2. The van der Waals surface area contributed by atoms with E-state index in [4.69, 9.17) is 44.9 Å². The van der Waals surface area contributed by atoms with Gasteiger partial charge in [-0.05, 0) is 147 Å². The van der Waals surface area contributed by atoms with E-state index in [1.165, 1.54) is 67.7 Å². The molecule has 1 aliphatic rings. The quantitative estimate of drug-likeness (QED) is 0.0268. The number of nitrogens with one attached hydrogen (secondary N) is 1. The fourth-order valence-corrected chi connectivity index (χ4v) is 9.90. The Kier molecular flexibility index (Phi) is 26.1. The van der Waals surface area contributed by atoms with Crippen molar-refractivity contribution in [2.75, 3.05) is 44.6 Å². The second kappa shape index (κ2) is 33.4. The molecule has 0 unspecified atom stereocenters. The smallest absolute Gasteiger partial charge is 0.496 e. The molecule has 97 heavy (non-hydrogen) atoms. The molecule has 10 rings (SSSR count). The van der Waals surface area contributed by atoms with Crippen LogP contribution in [0.2, 0.25) is 0 Å². The Hall–Kier alpha value is -10.2. The number of Topliss-reactive ketones (excluding diaryl/α,β-unsaturated/α-hetero) is 3. The third kappa shape index (κ3) is 19.9. The van der Waals surface area contributed by atoms with E-state index in [0.717, 1.165) is 16.7 Å². The Morgan fingerprint density at radius 2 is 0.897 bits per heavy atom. The van der Waals surface area contributed by atoms with Gasteiger partial charge in [0.2, 0.25) is 11.9 Å². The van der Waals surface area contributed by atoms with Gasteiger partial charge in [-0.25, -0.2) is 47.8 Å². The lowest BCUT2D eigenvalue weighted by atomic mass is 9.79. The van der Waals surface area contributed by atoms with Crippen LogP contribution in [0.15, 0.2) is 158 Å². The Morgan fingerprint density at radius 1 is 0.536 bits per heavy atom. The highest BCUT2D eigenvalue weighted by molar-refractivity contribution is 7.90. The second-order valence-corrected chi connectivity index (χ2v) is 23.9. The Labute approximate surface area is 567 Å². The van der Waals surface area contributed by atoms with Gasteiger partial charge in [0, 0.05) is 65.6 Å². The summed E-state index contributed by atoms with van der Waals surface area (Å²) in [5, 5.41) is 4.88. The third-order valence-corrected chi connectivity index (χ3v) is 15.8. The van der Waals surface area contributed by atoms with Crippen molar-refractivity contribution >= 4 is 76.3 Å². The number of carbonyl (C=O) groups is 4. The van der Waals surface area contributed by atoms with Crippen LogP contribution in [0.25, 0.3) is 33.4 Å². The van der Waals surface area contributed by atoms with E-state index in [-0.39, 0.29) is 89.7 Å². The zero-order valence-electron chi connectivity index (χ0n) is 55.0. The lowest BCUT2D eigenvalue weighted by molar-refractivity contribution is 0.00578. The lowest BCUT2D eigenvalue weighted by Crippen LogP contribution is -2.41. The van der Waals surface area contributed by atoms with Crippen LogP contribution < -0.4 is 41.0 Å². The summed E-state index contributed by atoms with van der Waals surface area (Å²) in [6.07, 6.45) is 5.47. The molecule has 0 bridgehead atoms. The highest BCUT2D eigenvalue weighted by Crippen LogP contribution is 2.40. The average molecular weight is 1370 g/mol. The minimum absolute atomic E-state index is 0. The number of methoxy groups -OCH3 is 4. The summed E-state index contributed by atoms with van der Waals surface area (Å²) < 4.78 is 106. The van der Waals surface area contributed by atoms with Crippen LogP contribution in [0.4, 0.5) is 35.5 Å². The molecule has 0 amide bonds. The molecule has 21 nitrogen and oxygen atoms in total. The van der Waals surface area contributed by atoms with E-state index < -0.39 is 33.8 Å². The highest BCUT2D eigenvalue weighted by atomic mass is 35.5.